The van der Waals surface area contributed by atoms with E-state index in [2.05, 4.69) is 35.7 Å². The molecule has 0 aliphatic carbocycles. The lowest BCUT2D eigenvalue weighted by Crippen LogP contribution is -2.10. The predicted octanol–water partition coefficient (Wildman–Crippen LogP) is 3.24. The van der Waals surface area contributed by atoms with Crippen LogP contribution in [0.3, 0.4) is 0 Å². The van der Waals surface area contributed by atoms with Crippen LogP contribution in [0.15, 0.2) is 42.6 Å². The number of benzene rings is 1. The van der Waals surface area contributed by atoms with Gasteiger partial charge in [-0.15, -0.1) is 10.2 Å². The molecule has 1 N–H and O–H groups in total. The van der Waals surface area contributed by atoms with Crippen LogP contribution in [-0.4, -0.2) is 40.4 Å². The Hall–Kier alpha value is -3.56. The van der Waals surface area contributed by atoms with E-state index in [1.807, 2.05) is 43.3 Å². The van der Waals surface area contributed by atoms with Gasteiger partial charge in [-0.2, -0.15) is 8.78 Å². The minimum atomic E-state index is -3.07. The first-order chi connectivity index (χ1) is 14.0. The lowest BCUT2D eigenvalue weighted by molar-refractivity contribution is 0.00754. The molecule has 0 saturated heterocycles. The largest absolute Gasteiger partial charge is 0.305 e. The third kappa shape index (κ3) is 3.86. The van der Waals surface area contributed by atoms with Crippen molar-refractivity contribution in [3.05, 3.63) is 59.8 Å². The number of aromatic nitrogens is 8. The normalized spacial score (nSPS) is 11.7. The Morgan fingerprint density at radius 1 is 1.10 bits per heavy atom. The van der Waals surface area contributed by atoms with E-state index in [1.54, 1.807) is 6.20 Å². The number of hydrogen-bond acceptors (Lipinski definition) is 6. The number of tetrazole rings is 1. The minimum absolute atomic E-state index is 0.359. The number of pyridine rings is 1. The number of nitrogens with one attached hydrogen (secondary N) is 1. The summed E-state index contributed by atoms with van der Waals surface area (Å²) in [5.74, 6) is -2.51. The quantitative estimate of drug-likeness (QED) is 0.537. The molecule has 4 aromatic rings. The highest BCUT2D eigenvalue weighted by atomic mass is 19.3. The number of halogens is 2. The van der Waals surface area contributed by atoms with Crippen LogP contribution < -0.4 is 0 Å². The molecular formula is C19H18F2N8. The van der Waals surface area contributed by atoms with E-state index in [4.69, 9.17) is 0 Å². The van der Waals surface area contributed by atoms with Gasteiger partial charge in [-0.05, 0) is 29.0 Å². The molecule has 0 aliphatic heterocycles. The molecule has 0 unspecified atom stereocenters. The topological polar surface area (TPSA) is 98.1 Å². The maximum atomic E-state index is 13.6. The number of alkyl halides is 2. The van der Waals surface area contributed by atoms with Crippen LogP contribution in [0.2, 0.25) is 0 Å². The van der Waals surface area contributed by atoms with Crippen molar-refractivity contribution in [2.75, 3.05) is 0 Å². The Bertz CT molecular complexity index is 1100. The Morgan fingerprint density at radius 3 is 2.52 bits per heavy atom. The van der Waals surface area contributed by atoms with Crippen LogP contribution in [0.4, 0.5) is 8.78 Å². The van der Waals surface area contributed by atoms with Gasteiger partial charge >= 0.3 is 5.92 Å². The zero-order chi connectivity index (χ0) is 20.4. The van der Waals surface area contributed by atoms with Crippen molar-refractivity contribution in [3.8, 4) is 22.6 Å². The summed E-state index contributed by atoms with van der Waals surface area (Å²) in [5.41, 5.74) is 3.31. The number of rotatable bonds is 6. The summed E-state index contributed by atoms with van der Waals surface area (Å²) in [4.78, 5) is 8.56. The van der Waals surface area contributed by atoms with E-state index in [1.165, 1.54) is 4.68 Å². The van der Waals surface area contributed by atoms with Crippen molar-refractivity contribution in [1.29, 1.82) is 0 Å². The molecule has 148 valence electrons. The standard InChI is InChI=1S/C19H18F2N8/c1-3-29-16(23-18(26-29)19(2,20)21)10-12-8-9-15(22-11-12)13-6-4-5-7-14(13)17-24-27-28-25-17/h4-9,11H,3,10H2,1-2H3,(H,24,25,27,28). The minimum Gasteiger partial charge on any atom is -0.256 e. The SMILES string of the molecule is CCn1nc(C(C)(F)F)nc1Cc1ccc(-c2ccccc2-c2nnn[nH]2)nc1. The Morgan fingerprint density at radius 2 is 1.90 bits per heavy atom. The molecule has 3 heterocycles. The van der Waals surface area contributed by atoms with Gasteiger partial charge in [0.1, 0.15) is 5.82 Å². The summed E-state index contributed by atoms with van der Waals surface area (Å²) in [6.07, 6.45) is 2.07. The summed E-state index contributed by atoms with van der Waals surface area (Å²) >= 11 is 0. The molecule has 0 fully saturated rings. The number of aromatic amines is 1. The van der Waals surface area contributed by atoms with Crippen LogP contribution >= 0.6 is 0 Å². The Kier molecular flexibility index (Phi) is 4.83. The molecule has 0 spiro atoms. The van der Waals surface area contributed by atoms with E-state index < -0.39 is 11.7 Å². The fourth-order valence-electron chi connectivity index (χ4n) is 3.00. The summed E-state index contributed by atoms with van der Waals surface area (Å²) < 4.78 is 28.6. The highest BCUT2D eigenvalue weighted by Gasteiger charge is 2.31. The van der Waals surface area contributed by atoms with Gasteiger partial charge in [-0.1, -0.05) is 30.3 Å². The summed E-state index contributed by atoms with van der Waals surface area (Å²) in [6, 6.07) is 11.4. The Balaban J connectivity index is 1.61. The second-order valence-electron chi connectivity index (χ2n) is 6.58. The van der Waals surface area contributed by atoms with Crippen molar-refractivity contribution in [1.82, 2.24) is 40.4 Å². The second kappa shape index (κ2) is 7.46. The molecule has 8 nitrogen and oxygen atoms in total. The van der Waals surface area contributed by atoms with Gasteiger partial charge in [0.15, 0.2) is 5.82 Å². The van der Waals surface area contributed by atoms with Crippen molar-refractivity contribution in [3.63, 3.8) is 0 Å². The van der Waals surface area contributed by atoms with Gasteiger partial charge in [-0.3, -0.25) is 4.98 Å². The number of nitrogens with zero attached hydrogens (tertiary/aromatic N) is 7. The third-order valence-electron chi connectivity index (χ3n) is 4.43. The average molecular weight is 396 g/mol. The fourth-order valence-corrected chi connectivity index (χ4v) is 3.00. The van der Waals surface area contributed by atoms with Crippen LogP contribution in [0.5, 0.6) is 0 Å². The maximum absolute atomic E-state index is 13.6. The van der Waals surface area contributed by atoms with Crippen molar-refractivity contribution in [2.24, 2.45) is 0 Å². The fraction of sp³-hybridized carbons (Fsp3) is 0.263. The van der Waals surface area contributed by atoms with Crippen LogP contribution in [0.1, 0.15) is 31.1 Å². The smallest absolute Gasteiger partial charge is 0.256 e. The molecule has 0 atom stereocenters. The predicted molar refractivity (Wildman–Crippen MR) is 101 cm³/mol. The van der Waals surface area contributed by atoms with E-state index in [-0.39, 0.29) is 0 Å². The molecule has 0 amide bonds. The van der Waals surface area contributed by atoms with E-state index in [0.29, 0.717) is 24.6 Å². The monoisotopic (exact) mass is 396 g/mol. The Labute approximate surface area is 165 Å². The number of aryl methyl sites for hydroxylation is 1. The van der Waals surface area contributed by atoms with E-state index in [0.717, 1.165) is 29.3 Å². The molecule has 10 heteroatoms. The lowest BCUT2D eigenvalue weighted by Gasteiger charge is -2.07. The second-order valence-corrected chi connectivity index (χ2v) is 6.58. The number of hydrogen-bond donors (Lipinski definition) is 1. The van der Waals surface area contributed by atoms with Crippen molar-refractivity contribution >= 4 is 0 Å². The molecule has 1 aromatic carbocycles. The van der Waals surface area contributed by atoms with Crippen molar-refractivity contribution < 1.29 is 8.78 Å². The number of H-pyrrole nitrogens is 1. The van der Waals surface area contributed by atoms with Crippen LogP contribution in [0, 0.1) is 0 Å². The van der Waals surface area contributed by atoms with Gasteiger partial charge in [0.05, 0.1) is 5.69 Å². The van der Waals surface area contributed by atoms with Gasteiger partial charge in [0.2, 0.25) is 5.82 Å². The first-order valence-electron chi connectivity index (χ1n) is 9.06. The average Bonchev–Trinajstić information content (AvgIpc) is 3.38. The summed E-state index contributed by atoms with van der Waals surface area (Å²) in [7, 11) is 0. The van der Waals surface area contributed by atoms with E-state index in [9.17, 15) is 8.78 Å². The van der Waals surface area contributed by atoms with Gasteiger partial charge < -0.3 is 0 Å². The first kappa shape index (κ1) is 18.8. The van der Waals surface area contributed by atoms with E-state index >= 15 is 0 Å². The van der Waals surface area contributed by atoms with Crippen LogP contribution in [0.25, 0.3) is 22.6 Å². The highest BCUT2D eigenvalue weighted by Crippen LogP contribution is 2.28. The lowest BCUT2D eigenvalue weighted by atomic mass is 10.0. The van der Waals surface area contributed by atoms with Crippen LogP contribution in [-0.2, 0) is 18.9 Å². The molecule has 0 aliphatic rings. The summed E-state index contributed by atoms with van der Waals surface area (Å²) in [5, 5.41) is 17.9. The zero-order valence-corrected chi connectivity index (χ0v) is 15.8. The molecule has 4 rings (SSSR count). The molecule has 29 heavy (non-hydrogen) atoms. The molecule has 3 aromatic heterocycles. The first-order valence-corrected chi connectivity index (χ1v) is 9.06. The molecule has 0 saturated carbocycles. The highest BCUT2D eigenvalue weighted by molar-refractivity contribution is 5.78. The zero-order valence-electron chi connectivity index (χ0n) is 15.8. The van der Waals surface area contributed by atoms with Gasteiger partial charge in [-0.25, -0.2) is 14.8 Å². The third-order valence-corrected chi connectivity index (χ3v) is 4.43. The maximum Gasteiger partial charge on any atom is 0.305 e. The van der Waals surface area contributed by atoms with Crippen molar-refractivity contribution in [2.45, 2.75) is 32.7 Å². The molecule has 0 bridgehead atoms. The molecule has 0 radical (unpaired) electrons. The summed E-state index contributed by atoms with van der Waals surface area (Å²) in [6.45, 7) is 3.10. The molecular weight excluding hydrogens is 378 g/mol. The van der Waals surface area contributed by atoms with Gasteiger partial charge in [0.25, 0.3) is 0 Å². The van der Waals surface area contributed by atoms with Gasteiger partial charge in [0, 0.05) is 37.2 Å².